The van der Waals surface area contributed by atoms with Crippen LogP contribution in [0, 0.1) is 5.82 Å². The van der Waals surface area contributed by atoms with Gasteiger partial charge in [0.1, 0.15) is 17.9 Å². The molecule has 0 saturated carbocycles. The average molecular weight is 367 g/mol. The minimum atomic E-state index is -0.526. The van der Waals surface area contributed by atoms with Crippen LogP contribution < -0.4 is 10.6 Å². The Hall–Kier alpha value is -2.73. The number of carbonyl (C=O) groups is 2. The summed E-state index contributed by atoms with van der Waals surface area (Å²) < 4.78 is 13.8. The predicted molar refractivity (Wildman–Crippen MR) is 99.2 cm³/mol. The number of fused-ring (bicyclic) bond motifs is 1. The monoisotopic (exact) mass is 367 g/mol. The van der Waals surface area contributed by atoms with Gasteiger partial charge in [-0.05, 0) is 18.1 Å². The molecule has 2 saturated heterocycles. The third kappa shape index (κ3) is 3.71. The zero-order chi connectivity index (χ0) is 18.8. The molecule has 6 heteroatoms. The van der Waals surface area contributed by atoms with E-state index < -0.39 is 12.1 Å². The molecule has 2 N–H and O–H groups in total. The lowest BCUT2D eigenvalue weighted by atomic mass is 10.0. The van der Waals surface area contributed by atoms with Crippen molar-refractivity contribution in [1.82, 2.24) is 15.5 Å². The van der Waals surface area contributed by atoms with Crippen molar-refractivity contribution in [3.8, 4) is 0 Å². The summed E-state index contributed by atoms with van der Waals surface area (Å²) in [6, 6.07) is 15.3. The van der Waals surface area contributed by atoms with E-state index >= 15 is 0 Å². The molecular formula is C21H22FN3O2. The van der Waals surface area contributed by atoms with E-state index in [2.05, 4.69) is 10.6 Å². The summed E-state index contributed by atoms with van der Waals surface area (Å²) in [5.41, 5.74) is 1.60. The first-order chi connectivity index (χ1) is 13.1. The molecule has 0 aromatic heterocycles. The Morgan fingerprint density at radius 3 is 2.59 bits per heavy atom. The maximum absolute atomic E-state index is 13.8. The minimum absolute atomic E-state index is 0.0280. The van der Waals surface area contributed by atoms with Crippen LogP contribution in [-0.2, 0) is 22.6 Å². The van der Waals surface area contributed by atoms with E-state index in [1.807, 2.05) is 30.3 Å². The summed E-state index contributed by atoms with van der Waals surface area (Å²) in [6.07, 6.45) is 1.03. The fourth-order valence-electron chi connectivity index (χ4n) is 3.89. The van der Waals surface area contributed by atoms with Crippen molar-refractivity contribution in [2.45, 2.75) is 37.5 Å². The summed E-state index contributed by atoms with van der Waals surface area (Å²) in [7, 11) is 0. The number of halogens is 1. The fourth-order valence-corrected chi connectivity index (χ4v) is 3.89. The van der Waals surface area contributed by atoms with Gasteiger partial charge in [-0.2, -0.15) is 0 Å². The molecule has 5 nitrogen and oxygen atoms in total. The Bertz CT molecular complexity index is 842. The van der Waals surface area contributed by atoms with E-state index in [4.69, 9.17) is 0 Å². The zero-order valence-electron chi connectivity index (χ0n) is 14.9. The predicted octanol–water partition coefficient (Wildman–Crippen LogP) is 1.63. The Labute approximate surface area is 157 Å². The van der Waals surface area contributed by atoms with Crippen molar-refractivity contribution in [1.29, 1.82) is 0 Å². The van der Waals surface area contributed by atoms with Gasteiger partial charge in [0.25, 0.3) is 0 Å². The molecule has 2 aromatic rings. The van der Waals surface area contributed by atoms with Crippen LogP contribution in [-0.4, -0.2) is 41.4 Å². The molecule has 3 atom stereocenters. The number of nitrogens with zero attached hydrogens (tertiary/aromatic N) is 1. The van der Waals surface area contributed by atoms with E-state index in [1.165, 1.54) is 6.07 Å². The molecular weight excluding hydrogens is 345 g/mol. The lowest BCUT2D eigenvalue weighted by Crippen LogP contribution is -2.61. The number of hydrogen-bond acceptors (Lipinski definition) is 3. The second-order valence-electron chi connectivity index (χ2n) is 7.16. The topological polar surface area (TPSA) is 61.4 Å². The van der Waals surface area contributed by atoms with Crippen LogP contribution in [0.5, 0.6) is 0 Å². The maximum atomic E-state index is 13.8. The minimum Gasteiger partial charge on any atom is -0.342 e. The third-order valence-corrected chi connectivity index (χ3v) is 5.32. The van der Waals surface area contributed by atoms with Gasteiger partial charge in [-0.3, -0.25) is 9.59 Å². The van der Waals surface area contributed by atoms with E-state index in [9.17, 15) is 14.0 Å². The molecule has 27 heavy (non-hydrogen) atoms. The largest absolute Gasteiger partial charge is 0.342 e. The molecule has 2 aromatic carbocycles. The molecule has 4 rings (SSSR count). The Balaban J connectivity index is 1.40. The summed E-state index contributed by atoms with van der Waals surface area (Å²) in [5, 5.41) is 6.16. The van der Waals surface area contributed by atoms with Crippen molar-refractivity contribution in [3.05, 3.63) is 71.5 Å². The highest BCUT2D eigenvalue weighted by Gasteiger charge is 2.46. The van der Waals surface area contributed by atoms with E-state index in [1.54, 1.807) is 23.1 Å². The van der Waals surface area contributed by atoms with Crippen LogP contribution in [0.2, 0.25) is 0 Å². The Kier molecular flexibility index (Phi) is 4.90. The molecule has 2 fully saturated rings. The maximum Gasteiger partial charge on any atom is 0.246 e. The molecule has 2 heterocycles. The normalized spacial score (nSPS) is 24.6. The van der Waals surface area contributed by atoms with Gasteiger partial charge >= 0.3 is 0 Å². The standard InChI is InChI=1S/C21H22FN3O2/c22-17-9-5-4-8-15(17)12-23-16-11-19-20(26)24-18(21(27)25(19)13-16)10-14-6-2-1-3-7-14/h1-9,16,18-19,23H,10-13H2,(H,24,26)/t16-,18+,19-/m0/s1. The highest BCUT2D eigenvalue weighted by atomic mass is 19.1. The van der Waals surface area contributed by atoms with Crippen molar-refractivity contribution in [3.63, 3.8) is 0 Å². The number of carbonyl (C=O) groups excluding carboxylic acids is 2. The third-order valence-electron chi connectivity index (χ3n) is 5.32. The molecule has 2 aliphatic heterocycles. The first-order valence-corrected chi connectivity index (χ1v) is 9.23. The van der Waals surface area contributed by atoms with Crippen molar-refractivity contribution in [2.24, 2.45) is 0 Å². The first kappa shape index (κ1) is 17.7. The van der Waals surface area contributed by atoms with Gasteiger partial charge in [0, 0.05) is 31.1 Å². The smallest absolute Gasteiger partial charge is 0.246 e. The van der Waals surface area contributed by atoms with E-state index in [-0.39, 0.29) is 23.7 Å². The molecule has 0 bridgehead atoms. The Morgan fingerprint density at radius 1 is 1.07 bits per heavy atom. The number of hydrogen-bond donors (Lipinski definition) is 2. The van der Waals surface area contributed by atoms with Crippen LogP contribution in [0.3, 0.4) is 0 Å². The highest BCUT2D eigenvalue weighted by Crippen LogP contribution is 2.24. The lowest BCUT2D eigenvalue weighted by molar-refractivity contribution is -0.147. The zero-order valence-corrected chi connectivity index (χ0v) is 14.9. The molecule has 0 spiro atoms. The second-order valence-corrected chi connectivity index (χ2v) is 7.16. The van der Waals surface area contributed by atoms with Gasteiger partial charge in [0.05, 0.1) is 0 Å². The van der Waals surface area contributed by atoms with Gasteiger partial charge in [0.2, 0.25) is 11.8 Å². The number of amides is 2. The second kappa shape index (κ2) is 7.48. The molecule has 2 amide bonds. The van der Waals surface area contributed by atoms with Gasteiger partial charge in [-0.15, -0.1) is 0 Å². The quantitative estimate of drug-likeness (QED) is 0.844. The highest BCUT2D eigenvalue weighted by molar-refractivity contribution is 5.97. The van der Waals surface area contributed by atoms with Crippen LogP contribution in [0.1, 0.15) is 17.5 Å². The summed E-state index contributed by atoms with van der Waals surface area (Å²) in [5.74, 6) is -0.401. The first-order valence-electron chi connectivity index (χ1n) is 9.23. The van der Waals surface area contributed by atoms with Gasteiger partial charge < -0.3 is 15.5 Å². The van der Waals surface area contributed by atoms with Gasteiger partial charge in [0.15, 0.2) is 0 Å². The van der Waals surface area contributed by atoms with Crippen LogP contribution in [0.25, 0.3) is 0 Å². The fraction of sp³-hybridized carbons (Fsp3) is 0.333. The van der Waals surface area contributed by atoms with Crippen molar-refractivity contribution in [2.75, 3.05) is 6.54 Å². The molecule has 0 unspecified atom stereocenters. The number of nitrogens with one attached hydrogen (secondary N) is 2. The summed E-state index contributed by atoms with van der Waals surface area (Å²) in [6.45, 7) is 0.845. The average Bonchev–Trinajstić information content (AvgIpc) is 3.11. The number of piperazine rings is 1. The summed E-state index contributed by atoms with van der Waals surface area (Å²) >= 11 is 0. The number of rotatable bonds is 5. The van der Waals surface area contributed by atoms with Crippen LogP contribution in [0.15, 0.2) is 54.6 Å². The number of benzene rings is 2. The van der Waals surface area contributed by atoms with Gasteiger partial charge in [-0.25, -0.2) is 4.39 Å². The summed E-state index contributed by atoms with van der Waals surface area (Å²) in [4.78, 5) is 27.0. The van der Waals surface area contributed by atoms with Crippen LogP contribution in [0.4, 0.5) is 4.39 Å². The molecule has 0 radical (unpaired) electrons. The lowest BCUT2D eigenvalue weighted by Gasteiger charge is -2.34. The molecule has 0 aliphatic carbocycles. The van der Waals surface area contributed by atoms with E-state index in [0.717, 1.165) is 5.56 Å². The van der Waals surface area contributed by atoms with Crippen molar-refractivity contribution < 1.29 is 14.0 Å². The van der Waals surface area contributed by atoms with Gasteiger partial charge in [-0.1, -0.05) is 48.5 Å². The molecule has 140 valence electrons. The Morgan fingerprint density at radius 2 is 1.81 bits per heavy atom. The SMILES string of the molecule is O=C1N[C@H](Cc2ccccc2)C(=O)N2C[C@@H](NCc3ccccc3F)C[C@@H]12. The van der Waals surface area contributed by atoms with Crippen molar-refractivity contribution >= 4 is 11.8 Å². The molecule has 2 aliphatic rings. The van der Waals surface area contributed by atoms with E-state index in [0.29, 0.717) is 31.5 Å². The van der Waals surface area contributed by atoms with Crippen LogP contribution >= 0.6 is 0 Å².